The van der Waals surface area contributed by atoms with Crippen LogP contribution in [-0.4, -0.2) is 19.8 Å². The molecule has 0 rings (SSSR count). The summed E-state index contributed by atoms with van der Waals surface area (Å²) in [7, 11) is -1.87. The highest BCUT2D eigenvalue weighted by Crippen LogP contribution is 2.41. The van der Waals surface area contributed by atoms with Crippen LogP contribution in [0.4, 0.5) is 0 Å². The normalized spacial score (nSPS) is 15.7. The van der Waals surface area contributed by atoms with Gasteiger partial charge in [0.25, 0.3) is 0 Å². The molecule has 0 aliphatic carbocycles. The molecule has 0 saturated heterocycles. The molecule has 0 aromatic carbocycles. The van der Waals surface area contributed by atoms with E-state index in [9.17, 15) is 0 Å². The summed E-state index contributed by atoms with van der Waals surface area (Å²) in [6, 6.07) is 0. The third kappa shape index (κ3) is 18.3. The van der Waals surface area contributed by atoms with Crippen LogP contribution in [0, 0.1) is 17.8 Å². The SMILES string of the molecule is CCCCC(CC)COOP(OOCC(CC)CCCC)OOCC(CC)CCCC. The largest absolute Gasteiger partial charge is 0.421 e. The molecule has 31 heavy (non-hydrogen) atoms. The Morgan fingerprint density at radius 2 is 0.774 bits per heavy atom. The second-order valence-corrected chi connectivity index (χ2v) is 9.44. The molecule has 0 N–H and O–H groups in total. The lowest BCUT2D eigenvalue weighted by Crippen LogP contribution is -2.12. The Morgan fingerprint density at radius 1 is 0.484 bits per heavy atom. The van der Waals surface area contributed by atoms with Crippen LogP contribution < -0.4 is 0 Å². The van der Waals surface area contributed by atoms with Crippen molar-refractivity contribution in [3.05, 3.63) is 0 Å². The van der Waals surface area contributed by atoms with Gasteiger partial charge in [-0.25, -0.2) is 14.7 Å². The molecule has 0 bridgehead atoms. The van der Waals surface area contributed by atoms with E-state index >= 15 is 0 Å². The smallest absolute Gasteiger partial charge is 0.228 e. The summed E-state index contributed by atoms with van der Waals surface area (Å²) in [4.78, 5) is 16.4. The lowest BCUT2D eigenvalue weighted by molar-refractivity contribution is -0.317. The van der Waals surface area contributed by atoms with Gasteiger partial charge in [-0.2, -0.15) is 0 Å². The van der Waals surface area contributed by atoms with Crippen molar-refractivity contribution in [2.24, 2.45) is 17.8 Å². The molecule has 0 radical (unpaired) electrons. The third-order valence-electron chi connectivity index (χ3n) is 5.88. The van der Waals surface area contributed by atoms with Crippen LogP contribution in [0.5, 0.6) is 0 Å². The summed E-state index contributed by atoms with van der Waals surface area (Å²) < 4.78 is 16.3. The number of hydrogen-bond acceptors (Lipinski definition) is 6. The topological polar surface area (TPSA) is 55.4 Å². The molecule has 0 aromatic heterocycles. The fraction of sp³-hybridized carbons (Fsp3) is 1.00. The zero-order valence-electron chi connectivity index (χ0n) is 21.2. The molecule has 0 aliphatic rings. The maximum atomic E-state index is 5.46. The molecule has 188 valence electrons. The lowest BCUT2D eigenvalue weighted by Gasteiger charge is -2.19. The summed E-state index contributed by atoms with van der Waals surface area (Å²) >= 11 is 0. The average molecular weight is 467 g/mol. The molecule has 7 heteroatoms. The molecule has 0 amide bonds. The number of rotatable bonds is 24. The van der Waals surface area contributed by atoms with Gasteiger partial charge in [0.1, 0.15) is 0 Å². The van der Waals surface area contributed by atoms with Gasteiger partial charge in [-0.15, -0.1) is 14.0 Å². The average Bonchev–Trinajstić information content (AvgIpc) is 2.79. The van der Waals surface area contributed by atoms with Crippen molar-refractivity contribution in [3.63, 3.8) is 0 Å². The molecule has 3 unspecified atom stereocenters. The Bertz CT molecular complexity index is 309. The van der Waals surface area contributed by atoms with E-state index in [1.165, 1.54) is 38.5 Å². The third-order valence-corrected chi connectivity index (χ3v) is 6.56. The molecule has 0 fully saturated rings. The highest BCUT2D eigenvalue weighted by molar-refractivity contribution is 7.41. The van der Waals surface area contributed by atoms with E-state index in [0.717, 1.165) is 38.5 Å². The predicted octanol–water partition coefficient (Wildman–Crippen LogP) is 8.71. The minimum atomic E-state index is -1.87. The minimum absolute atomic E-state index is 0.468. The molecule has 6 nitrogen and oxygen atoms in total. The maximum absolute atomic E-state index is 5.46. The number of unbranched alkanes of at least 4 members (excludes halogenated alkanes) is 3. The van der Waals surface area contributed by atoms with Gasteiger partial charge in [0, 0.05) is 0 Å². The summed E-state index contributed by atoms with van der Waals surface area (Å²) in [5.41, 5.74) is 0. The van der Waals surface area contributed by atoms with Gasteiger partial charge < -0.3 is 0 Å². The quantitative estimate of drug-likeness (QED) is 0.0805. The van der Waals surface area contributed by atoms with Crippen molar-refractivity contribution in [3.8, 4) is 0 Å². The Kier molecular flexibility index (Phi) is 23.5. The van der Waals surface area contributed by atoms with Crippen LogP contribution in [0.3, 0.4) is 0 Å². The van der Waals surface area contributed by atoms with E-state index in [4.69, 9.17) is 28.7 Å². The molecule has 0 aliphatic heterocycles. The Hall–Kier alpha value is 0.190. The van der Waals surface area contributed by atoms with E-state index in [-0.39, 0.29) is 0 Å². The Balaban J connectivity index is 4.47. The van der Waals surface area contributed by atoms with Crippen molar-refractivity contribution in [1.29, 1.82) is 0 Å². The fourth-order valence-corrected chi connectivity index (χ4v) is 3.76. The van der Waals surface area contributed by atoms with Crippen LogP contribution in [-0.2, 0) is 28.7 Å². The zero-order chi connectivity index (χ0) is 23.2. The molecular formula is C24H51O6P. The standard InChI is InChI=1S/C24H51O6P/c1-7-13-16-22(10-4)19-25-28-31(29-26-20-23(11-5)17-14-8-2)30-27-21-24(12-6)18-15-9-3/h22-24H,7-21H2,1-6H3. The second-order valence-electron chi connectivity index (χ2n) is 8.55. The highest BCUT2D eigenvalue weighted by atomic mass is 31.2. The van der Waals surface area contributed by atoms with Gasteiger partial charge >= 0.3 is 8.60 Å². The van der Waals surface area contributed by atoms with Crippen LogP contribution in [0.15, 0.2) is 0 Å². The molecular weight excluding hydrogens is 415 g/mol. The lowest BCUT2D eigenvalue weighted by atomic mass is 10.0. The first-order valence-corrected chi connectivity index (χ1v) is 13.9. The van der Waals surface area contributed by atoms with Crippen LogP contribution in [0.2, 0.25) is 0 Å². The molecule has 0 saturated carbocycles. The zero-order valence-corrected chi connectivity index (χ0v) is 22.1. The Labute approximate surface area is 193 Å². The summed E-state index contributed by atoms with van der Waals surface area (Å²) in [6.07, 6.45) is 13.7. The van der Waals surface area contributed by atoms with E-state index in [2.05, 4.69) is 41.5 Å². The Morgan fingerprint density at radius 3 is 1.00 bits per heavy atom. The highest BCUT2D eigenvalue weighted by Gasteiger charge is 2.21. The first-order valence-electron chi connectivity index (χ1n) is 12.8. The van der Waals surface area contributed by atoms with Crippen molar-refractivity contribution >= 4 is 8.60 Å². The molecule has 0 spiro atoms. The van der Waals surface area contributed by atoms with E-state index in [0.29, 0.717) is 37.6 Å². The fourth-order valence-electron chi connectivity index (χ4n) is 3.24. The van der Waals surface area contributed by atoms with Gasteiger partial charge in [0.2, 0.25) is 0 Å². The van der Waals surface area contributed by atoms with Crippen LogP contribution in [0.1, 0.15) is 119 Å². The van der Waals surface area contributed by atoms with Gasteiger partial charge in [-0.05, 0) is 37.0 Å². The second kappa shape index (κ2) is 23.4. The van der Waals surface area contributed by atoms with Crippen molar-refractivity contribution in [2.75, 3.05) is 19.8 Å². The van der Waals surface area contributed by atoms with Crippen molar-refractivity contribution in [1.82, 2.24) is 0 Å². The van der Waals surface area contributed by atoms with E-state index < -0.39 is 8.60 Å². The first kappa shape index (κ1) is 31.2. The minimum Gasteiger partial charge on any atom is -0.228 e. The van der Waals surface area contributed by atoms with Gasteiger partial charge in [0.15, 0.2) is 0 Å². The summed E-state index contributed by atoms with van der Waals surface area (Å²) in [6.45, 7) is 14.7. The van der Waals surface area contributed by atoms with Gasteiger partial charge in [-0.3, -0.25) is 0 Å². The summed E-state index contributed by atoms with van der Waals surface area (Å²) in [5.74, 6) is 1.40. The van der Waals surface area contributed by atoms with Gasteiger partial charge in [-0.1, -0.05) is 99.3 Å². The number of hydrogen-bond donors (Lipinski definition) is 0. The van der Waals surface area contributed by atoms with E-state index in [1.54, 1.807) is 0 Å². The summed E-state index contributed by atoms with van der Waals surface area (Å²) in [5, 5.41) is 0. The molecule has 0 aromatic rings. The molecule has 3 atom stereocenters. The van der Waals surface area contributed by atoms with E-state index in [1.807, 2.05) is 0 Å². The van der Waals surface area contributed by atoms with Crippen LogP contribution in [0.25, 0.3) is 0 Å². The van der Waals surface area contributed by atoms with Crippen LogP contribution >= 0.6 is 8.60 Å². The van der Waals surface area contributed by atoms with Crippen molar-refractivity contribution in [2.45, 2.75) is 119 Å². The monoisotopic (exact) mass is 466 g/mol. The van der Waals surface area contributed by atoms with Crippen molar-refractivity contribution < 1.29 is 28.7 Å². The predicted molar refractivity (Wildman–Crippen MR) is 128 cm³/mol. The molecule has 0 heterocycles. The maximum Gasteiger partial charge on any atom is 0.421 e. The van der Waals surface area contributed by atoms with Gasteiger partial charge in [0.05, 0.1) is 19.8 Å². The first-order chi connectivity index (χ1) is 15.1.